The van der Waals surface area contributed by atoms with Crippen LogP contribution in [0.5, 0.6) is 0 Å². The third kappa shape index (κ3) is 4.66. The summed E-state index contributed by atoms with van der Waals surface area (Å²) in [6, 6.07) is 7.61. The third-order valence-electron chi connectivity index (χ3n) is 5.52. The summed E-state index contributed by atoms with van der Waals surface area (Å²) in [6.45, 7) is 6.50. The van der Waals surface area contributed by atoms with Gasteiger partial charge >= 0.3 is 0 Å². The highest BCUT2D eigenvalue weighted by Crippen LogP contribution is 2.24. The van der Waals surface area contributed by atoms with Gasteiger partial charge in [0.1, 0.15) is 0 Å². The molecule has 7 heteroatoms. The van der Waals surface area contributed by atoms with Gasteiger partial charge < -0.3 is 14.6 Å². The highest BCUT2D eigenvalue weighted by molar-refractivity contribution is 6.31. The van der Waals surface area contributed by atoms with Gasteiger partial charge in [-0.25, -0.2) is 0 Å². The van der Waals surface area contributed by atoms with Crippen LogP contribution in [0.1, 0.15) is 38.7 Å². The van der Waals surface area contributed by atoms with Crippen molar-refractivity contribution < 1.29 is 14.4 Å². The van der Waals surface area contributed by atoms with Crippen molar-refractivity contribution in [3.8, 4) is 0 Å². The summed E-state index contributed by atoms with van der Waals surface area (Å²) >= 11 is 6.21. The fourth-order valence-electron chi connectivity index (χ4n) is 3.90. The van der Waals surface area contributed by atoms with Crippen molar-refractivity contribution in [1.82, 2.24) is 9.80 Å². The molecule has 0 aliphatic carbocycles. The van der Waals surface area contributed by atoms with Gasteiger partial charge in [0.2, 0.25) is 12.0 Å². The fraction of sp³-hybridized carbons (Fsp3) is 0.571. The number of likely N-dealkylation sites (tertiary alicyclic amines) is 1. The molecule has 1 aromatic rings. The maximum Gasteiger partial charge on any atom is 0.266 e. The number of halogens is 1. The lowest BCUT2D eigenvalue weighted by Crippen LogP contribution is -2.49. The second-order valence-electron chi connectivity index (χ2n) is 7.36. The van der Waals surface area contributed by atoms with Gasteiger partial charge in [-0.05, 0) is 38.3 Å². The average Bonchev–Trinajstić information content (AvgIpc) is 3.18. The van der Waals surface area contributed by atoms with Crippen LogP contribution in [0.2, 0.25) is 5.02 Å². The van der Waals surface area contributed by atoms with Crippen LogP contribution in [0.3, 0.4) is 0 Å². The average molecular weight is 406 g/mol. The zero-order chi connectivity index (χ0) is 20.1. The van der Waals surface area contributed by atoms with E-state index in [1.807, 2.05) is 43.0 Å². The van der Waals surface area contributed by atoms with Crippen LogP contribution in [-0.2, 0) is 20.8 Å². The first kappa shape index (κ1) is 20.6. The van der Waals surface area contributed by atoms with E-state index in [2.05, 4.69) is 5.16 Å². The summed E-state index contributed by atoms with van der Waals surface area (Å²) in [6.07, 6.45) is 2.11. The predicted octanol–water partition coefficient (Wildman–Crippen LogP) is 3.13. The number of piperidine rings is 1. The number of carbonyl (C=O) groups is 2. The van der Waals surface area contributed by atoms with E-state index in [-0.39, 0.29) is 17.7 Å². The molecule has 0 aromatic heterocycles. The van der Waals surface area contributed by atoms with Crippen LogP contribution in [-0.4, -0.2) is 59.6 Å². The van der Waals surface area contributed by atoms with E-state index in [4.69, 9.17) is 16.4 Å². The van der Waals surface area contributed by atoms with Gasteiger partial charge in [0.25, 0.3) is 5.91 Å². The molecule has 1 saturated heterocycles. The van der Waals surface area contributed by atoms with Crippen molar-refractivity contribution in [3.05, 3.63) is 34.9 Å². The maximum atomic E-state index is 12.9. The summed E-state index contributed by atoms with van der Waals surface area (Å²) in [5.41, 5.74) is 1.79. The smallest absolute Gasteiger partial charge is 0.266 e. The molecule has 1 fully saturated rings. The van der Waals surface area contributed by atoms with Gasteiger partial charge in [-0.1, -0.05) is 35.0 Å². The van der Waals surface area contributed by atoms with Crippen LogP contribution in [0.25, 0.3) is 0 Å². The molecule has 0 spiro atoms. The molecule has 0 bridgehead atoms. The molecule has 2 atom stereocenters. The Morgan fingerprint density at radius 1 is 1.29 bits per heavy atom. The molecule has 0 unspecified atom stereocenters. The van der Waals surface area contributed by atoms with Crippen LogP contribution in [0.4, 0.5) is 0 Å². The number of hydrogen-bond donors (Lipinski definition) is 0. The number of amides is 2. The molecular weight excluding hydrogens is 378 g/mol. The molecule has 2 aliphatic heterocycles. The Kier molecular flexibility index (Phi) is 6.94. The molecule has 0 radical (unpaired) electrons. The first-order chi connectivity index (χ1) is 13.5. The zero-order valence-corrected chi connectivity index (χ0v) is 17.3. The van der Waals surface area contributed by atoms with Crippen molar-refractivity contribution in [3.63, 3.8) is 0 Å². The zero-order valence-electron chi connectivity index (χ0n) is 16.6. The lowest BCUT2D eigenvalue weighted by Gasteiger charge is -2.35. The summed E-state index contributed by atoms with van der Waals surface area (Å²) in [4.78, 5) is 34.6. The Morgan fingerprint density at radius 2 is 2.04 bits per heavy atom. The predicted molar refractivity (Wildman–Crippen MR) is 109 cm³/mol. The second-order valence-corrected chi connectivity index (χ2v) is 7.77. The molecule has 3 rings (SSSR count). The highest BCUT2D eigenvalue weighted by atomic mass is 35.5. The molecule has 0 saturated carbocycles. The molecule has 2 aliphatic rings. The van der Waals surface area contributed by atoms with E-state index in [1.54, 1.807) is 4.90 Å². The standard InChI is InChI=1S/C21H28ClN3O3/c1-3-24(4-2)20(26)16-9-7-11-25(14-16)21(27)19-13-17(23-28-19)12-15-8-5-6-10-18(15)22/h5-6,8,10,16,19H,3-4,7,9,11-14H2,1-2H3/t16-,19-/m0/s1. The van der Waals surface area contributed by atoms with Crippen LogP contribution >= 0.6 is 11.6 Å². The van der Waals surface area contributed by atoms with Crippen molar-refractivity contribution in [2.75, 3.05) is 26.2 Å². The van der Waals surface area contributed by atoms with E-state index in [0.29, 0.717) is 44.0 Å². The van der Waals surface area contributed by atoms with Crippen molar-refractivity contribution in [2.24, 2.45) is 11.1 Å². The fourth-order valence-corrected chi connectivity index (χ4v) is 4.10. The monoisotopic (exact) mass is 405 g/mol. The number of carbonyl (C=O) groups excluding carboxylic acids is 2. The Balaban J connectivity index is 1.56. The lowest BCUT2D eigenvalue weighted by atomic mass is 9.95. The first-order valence-electron chi connectivity index (χ1n) is 10.1. The van der Waals surface area contributed by atoms with Gasteiger partial charge in [-0.2, -0.15) is 0 Å². The minimum absolute atomic E-state index is 0.0741. The topological polar surface area (TPSA) is 62.2 Å². The van der Waals surface area contributed by atoms with Crippen LogP contribution < -0.4 is 0 Å². The molecule has 0 N–H and O–H groups in total. The van der Waals surface area contributed by atoms with E-state index in [9.17, 15) is 9.59 Å². The summed E-state index contributed by atoms with van der Waals surface area (Å²) in [5.74, 6) is -0.0528. The minimum Gasteiger partial charge on any atom is -0.382 e. The third-order valence-corrected chi connectivity index (χ3v) is 5.88. The Morgan fingerprint density at radius 3 is 2.75 bits per heavy atom. The van der Waals surface area contributed by atoms with Gasteiger partial charge in [-0.3, -0.25) is 9.59 Å². The SMILES string of the molecule is CCN(CC)C(=O)[C@H]1CCCN(C(=O)[C@@H]2CC(Cc3ccccc3Cl)=NO2)C1. The van der Waals surface area contributed by atoms with E-state index < -0.39 is 6.10 Å². The van der Waals surface area contributed by atoms with Gasteiger partial charge in [0.15, 0.2) is 0 Å². The highest BCUT2D eigenvalue weighted by Gasteiger charge is 2.36. The lowest BCUT2D eigenvalue weighted by molar-refractivity contribution is -0.147. The van der Waals surface area contributed by atoms with Crippen molar-refractivity contribution in [2.45, 2.75) is 45.6 Å². The summed E-state index contributed by atoms with van der Waals surface area (Å²) in [5, 5.41) is 4.80. The second kappa shape index (κ2) is 9.41. The van der Waals surface area contributed by atoms with E-state index >= 15 is 0 Å². The van der Waals surface area contributed by atoms with Crippen LogP contribution in [0.15, 0.2) is 29.4 Å². The molecule has 28 heavy (non-hydrogen) atoms. The van der Waals surface area contributed by atoms with E-state index in [0.717, 1.165) is 24.1 Å². The summed E-state index contributed by atoms with van der Waals surface area (Å²) in [7, 11) is 0. The van der Waals surface area contributed by atoms with Crippen LogP contribution in [0, 0.1) is 5.92 Å². The van der Waals surface area contributed by atoms with Gasteiger partial charge in [0, 0.05) is 44.0 Å². The van der Waals surface area contributed by atoms with Gasteiger partial charge in [0.05, 0.1) is 11.6 Å². The normalized spacial score (nSPS) is 21.8. The minimum atomic E-state index is -0.597. The number of nitrogens with zero attached hydrogens (tertiary/aromatic N) is 3. The largest absolute Gasteiger partial charge is 0.382 e. The van der Waals surface area contributed by atoms with Gasteiger partial charge in [-0.15, -0.1) is 0 Å². The maximum absolute atomic E-state index is 12.9. The molecular formula is C21H28ClN3O3. The Bertz CT molecular complexity index is 748. The number of hydrogen-bond acceptors (Lipinski definition) is 4. The number of benzene rings is 1. The quantitative estimate of drug-likeness (QED) is 0.730. The molecule has 2 amide bonds. The molecule has 1 aromatic carbocycles. The summed E-state index contributed by atoms with van der Waals surface area (Å²) < 4.78 is 0. The molecule has 152 valence electrons. The van der Waals surface area contributed by atoms with E-state index in [1.165, 1.54) is 0 Å². The molecule has 6 nitrogen and oxygen atoms in total. The Labute approximate surface area is 171 Å². The number of oxime groups is 1. The molecule has 2 heterocycles. The van der Waals surface area contributed by atoms with Crippen molar-refractivity contribution >= 4 is 29.1 Å². The Hall–Kier alpha value is -2.08. The number of rotatable bonds is 6. The van der Waals surface area contributed by atoms with Crippen molar-refractivity contribution in [1.29, 1.82) is 0 Å². The first-order valence-corrected chi connectivity index (χ1v) is 10.4.